The van der Waals surface area contributed by atoms with E-state index in [1.165, 1.54) is 0 Å². The van der Waals surface area contributed by atoms with Crippen molar-refractivity contribution in [1.82, 2.24) is 0 Å². The molecule has 0 spiro atoms. The Morgan fingerprint density at radius 2 is 1.76 bits per heavy atom. The van der Waals surface area contributed by atoms with Gasteiger partial charge in [-0.2, -0.15) is 10.5 Å². The van der Waals surface area contributed by atoms with Crippen molar-refractivity contribution < 1.29 is 9.59 Å². The van der Waals surface area contributed by atoms with E-state index in [4.69, 9.17) is 6.42 Å². The molecule has 3 unspecified atom stereocenters. The van der Waals surface area contributed by atoms with Crippen molar-refractivity contribution in [3.05, 3.63) is 11.6 Å². The number of nitriles is 2. The van der Waals surface area contributed by atoms with Crippen LogP contribution in [0.1, 0.15) is 46.5 Å². The minimum atomic E-state index is -0.704. The number of hydrogen-bond donors (Lipinski definition) is 0. The average molecular weight is 334 g/mol. The van der Waals surface area contributed by atoms with Crippen LogP contribution in [0.2, 0.25) is 0 Å². The smallest absolute Gasteiger partial charge is 0.172 e. The van der Waals surface area contributed by atoms with E-state index < -0.39 is 28.1 Å². The Labute approximate surface area is 148 Å². The van der Waals surface area contributed by atoms with Gasteiger partial charge < -0.3 is 0 Å². The first kappa shape index (κ1) is 17.4. The molecule has 0 bridgehead atoms. The van der Waals surface area contributed by atoms with Crippen LogP contribution in [-0.2, 0) is 9.59 Å². The molecular weight excluding hydrogens is 312 g/mol. The summed E-state index contributed by atoms with van der Waals surface area (Å²) >= 11 is 0. The summed E-state index contributed by atoms with van der Waals surface area (Å²) in [5, 5.41) is 18.8. The Balaban J connectivity index is 2.20. The number of ketones is 2. The highest BCUT2D eigenvalue weighted by Gasteiger charge is 2.62. The summed E-state index contributed by atoms with van der Waals surface area (Å²) in [4.78, 5) is 25.2. The Morgan fingerprint density at radius 1 is 1.12 bits per heavy atom. The van der Waals surface area contributed by atoms with E-state index in [0.717, 1.165) is 12.0 Å². The van der Waals surface area contributed by atoms with E-state index in [0.29, 0.717) is 19.3 Å². The Bertz CT molecular complexity index is 816. The van der Waals surface area contributed by atoms with Crippen LogP contribution in [0.4, 0.5) is 0 Å². The first-order valence-corrected chi connectivity index (χ1v) is 8.74. The second-order valence-electron chi connectivity index (χ2n) is 8.55. The molecule has 0 heterocycles. The van der Waals surface area contributed by atoms with Crippen molar-refractivity contribution in [2.24, 2.45) is 34.0 Å². The standard InChI is InChI=1S/C21H22N2O2/c1-5-21-7-6-16-19(2,3)18(25)14(12-23)9-20(16,4)17(21)8-15(24)13(10-21)11-22/h1,8,13-14,16H,6-7,9-10H2,2-4H3/t13?,14?,16-,20-,21?/m0/s1. The molecule has 128 valence electrons. The predicted octanol–water partition coefficient (Wildman–Crippen LogP) is 3.20. The molecule has 0 saturated heterocycles. The molecule has 2 fully saturated rings. The van der Waals surface area contributed by atoms with Crippen LogP contribution in [0.25, 0.3) is 0 Å². The van der Waals surface area contributed by atoms with Crippen molar-refractivity contribution >= 4 is 11.6 Å². The second-order valence-corrected chi connectivity index (χ2v) is 8.55. The molecule has 0 aromatic rings. The zero-order valence-corrected chi connectivity index (χ0v) is 14.9. The number of carbonyl (C=O) groups is 2. The molecule has 0 aliphatic heterocycles. The molecule has 4 heteroatoms. The lowest BCUT2D eigenvalue weighted by Crippen LogP contribution is -2.57. The van der Waals surface area contributed by atoms with Crippen LogP contribution in [0.3, 0.4) is 0 Å². The normalized spacial score (nSPS) is 42.1. The fraction of sp³-hybridized carbons (Fsp3) is 0.619. The summed E-state index contributed by atoms with van der Waals surface area (Å²) in [6, 6.07) is 4.24. The maximum Gasteiger partial charge on any atom is 0.172 e. The topological polar surface area (TPSA) is 81.7 Å². The average Bonchev–Trinajstić information content (AvgIpc) is 2.58. The lowest BCUT2D eigenvalue weighted by molar-refractivity contribution is -0.145. The third-order valence-corrected chi connectivity index (χ3v) is 6.98. The Hall–Kier alpha value is -2.38. The lowest BCUT2D eigenvalue weighted by Gasteiger charge is -2.60. The van der Waals surface area contributed by atoms with Crippen LogP contribution in [0, 0.1) is 69.0 Å². The van der Waals surface area contributed by atoms with Crippen LogP contribution in [0.5, 0.6) is 0 Å². The fourth-order valence-electron chi connectivity index (χ4n) is 5.75. The second kappa shape index (κ2) is 5.31. The molecule has 0 radical (unpaired) electrons. The SMILES string of the molecule is C#CC12CC[C@H]3C(C)(C)C(=O)C(C#N)C[C@]3(C)C1=CC(=O)C(C#N)C2. The zero-order valence-electron chi connectivity index (χ0n) is 14.9. The van der Waals surface area contributed by atoms with Crippen LogP contribution in [-0.4, -0.2) is 11.6 Å². The molecule has 5 atom stereocenters. The van der Waals surface area contributed by atoms with E-state index in [1.54, 1.807) is 6.08 Å². The predicted molar refractivity (Wildman–Crippen MR) is 91.4 cm³/mol. The number of allylic oxidation sites excluding steroid dienone is 2. The van der Waals surface area contributed by atoms with Gasteiger partial charge in [0.1, 0.15) is 11.8 Å². The molecule has 25 heavy (non-hydrogen) atoms. The van der Waals surface area contributed by atoms with Crippen molar-refractivity contribution in [2.75, 3.05) is 0 Å². The van der Waals surface area contributed by atoms with Crippen molar-refractivity contribution in [3.8, 4) is 24.5 Å². The summed E-state index contributed by atoms with van der Waals surface area (Å²) < 4.78 is 0. The number of rotatable bonds is 0. The summed E-state index contributed by atoms with van der Waals surface area (Å²) in [5.74, 6) is 1.33. The summed E-state index contributed by atoms with van der Waals surface area (Å²) in [6.45, 7) is 5.87. The number of Topliss-reactive ketones (excluding diaryl/α,β-unsaturated/α-hetero) is 1. The van der Waals surface area contributed by atoms with Crippen LogP contribution < -0.4 is 0 Å². The first-order valence-electron chi connectivity index (χ1n) is 8.74. The summed E-state index contributed by atoms with van der Waals surface area (Å²) in [6.07, 6.45) is 9.67. The summed E-state index contributed by atoms with van der Waals surface area (Å²) in [7, 11) is 0. The molecule has 0 N–H and O–H groups in total. The molecule has 0 aromatic carbocycles. The van der Waals surface area contributed by atoms with Gasteiger partial charge in [-0.25, -0.2) is 0 Å². The van der Waals surface area contributed by atoms with Gasteiger partial charge >= 0.3 is 0 Å². The molecule has 3 rings (SSSR count). The van der Waals surface area contributed by atoms with Gasteiger partial charge in [0.2, 0.25) is 0 Å². The third kappa shape index (κ3) is 2.12. The highest BCUT2D eigenvalue weighted by molar-refractivity contribution is 5.96. The lowest BCUT2D eigenvalue weighted by atomic mass is 9.42. The van der Waals surface area contributed by atoms with E-state index in [-0.39, 0.29) is 17.5 Å². The summed E-state index contributed by atoms with van der Waals surface area (Å²) in [5.41, 5.74) is -0.852. The molecular formula is C21H22N2O2. The minimum absolute atomic E-state index is 0.0108. The molecule has 0 amide bonds. The third-order valence-electron chi connectivity index (χ3n) is 6.98. The first-order chi connectivity index (χ1) is 11.7. The quantitative estimate of drug-likeness (QED) is 0.637. The molecule has 2 saturated carbocycles. The van der Waals surface area contributed by atoms with Gasteiger partial charge in [-0.05, 0) is 48.7 Å². The monoisotopic (exact) mass is 334 g/mol. The van der Waals surface area contributed by atoms with Gasteiger partial charge in [0.05, 0.1) is 17.6 Å². The van der Waals surface area contributed by atoms with Crippen molar-refractivity contribution in [1.29, 1.82) is 10.5 Å². The number of terminal acetylenes is 1. The van der Waals surface area contributed by atoms with Crippen LogP contribution in [0.15, 0.2) is 11.6 Å². The van der Waals surface area contributed by atoms with Gasteiger partial charge in [0.25, 0.3) is 0 Å². The van der Waals surface area contributed by atoms with Crippen molar-refractivity contribution in [2.45, 2.75) is 46.5 Å². The molecule has 3 aliphatic rings. The largest absolute Gasteiger partial charge is 0.298 e. The maximum atomic E-state index is 12.8. The van der Waals surface area contributed by atoms with Gasteiger partial charge in [-0.1, -0.05) is 26.7 Å². The number of carbonyl (C=O) groups excluding carboxylic acids is 2. The van der Waals surface area contributed by atoms with E-state index in [2.05, 4.69) is 18.1 Å². The van der Waals surface area contributed by atoms with E-state index in [1.807, 2.05) is 20.8 Å². The molecule has 0 aromatic heterocycles. The maximum absolute atomic E-state index is 12.8. The molecule has 4 nitrogen and oxygen atoms in total. The van der Waals surface area contributed by atoms with Gasteiger partial charge in [-0.15, -0.1) is 6.42 Å². The highest BCUT2D eigenvalue weighted by atomic mass is 16.1. The Kier molecular flexibility index (Phi) is 3.70. The van der Waals surface area contributed by atoms with E-state index in [9.17, 15) is 20.1 Å². The zero-order chi connectivity index (χ0) is 18.6. The van der Waals surface area contributed by atoms with Crippen molar-refractivity contribution in [3.63, 3.8) is 0 Å². The van der Waals surface area contributed by atoms with E-state index >= 15 is 0 Å². The number of nitrogens with zero attached hydrogens (tertiary/aromatic N) is 2. The minimum Gasteiger partial charge on any atom is -0.298 e. The fourth-order valence-corrected chi connectivity index (χ4v) is 5.75. The van der Waals surface area contributed by atoms with Gasteiger partial charge in [-0.3, -0.25) is 9.59 Å². The van der Waals surface area contributed by atoms with Gasteiger partial charge in [0.15, 0.2) is 11.6 Å². The highest BCUT2D eigenvalue weighted by Crippen LogP contribution is 2.66. The molecule has 3 aliphatic carbocycles. The number of fused-ring (bicyclic) bond motifs is 3. The van der Waals surface area contributed by atoms with Crippen LogP contribution >= 0.6 is 0 Å². The number of hydrogen-bond acceptors (Lipinski definition) is 4. The van der Waals surface area contributed by atoms with Gasteiger partial charge in [0, 0.05) is 5.41 Å². The Morgan fingerprint density at radius 3 is 2.32 bits per heavy atom.